The van der Waals surface area contributed by atoms with Gasteiger partial charge in [0.1, 0.15) is 0 Å². The molecule has 0 aromatic heterocycles. The predicted molar refractivity (Wildman–Crippen MR) is 69.2 cm³/mol. The van der Waals surface area contributed by atoms with Crippen LogP contribution in [0.4, 0.5) is 0 Å². The van der Waals surface area contributed by atoms with Gasteiger partial charge in [-0.15, -0.1) is 0 Å². The van der Waals surface area contributed by atoms with Gasteiger partial charge in [0, 0.05) is 6.04 Å². The van der Waals surface area contributed by atoms with Gasteiger partial charge in [0.25, 0.3) is 0 Å². The van der Waals surface area contributed by atoms with Gasteiger partial charge in [-0.3, -0.25) is 0 Å². The first-order chi connectivity index (χ1) is 6.74. The number of nitrogens with one attached hydrogen (secondary N) is 1. The normalized spacial score (nSPS) is 15.4. The lowest BCUT2D eigenvalue weighted by atomic mass is 9.98. The van der Waals surface area contributed by atoms with E-state index >= 15 is 0 Å². The maximum atomic E-state index is 3.66. The van der Waals surface area contributed by atoms with Crippen molar-refractivity contribution in [2.45, 2.75) is 52.5 Å². The molecule has 0 aliphatic carbocycles. The van der Waals surface area contributed by atoms with Gasteiger partial charge in [0.2, 0.25) is 0 Å². The van der Waals surface area contributed by atoms with Gasteiger partial charge in [-0.1, -0.05) is 27.2 Å². The Bertz CT molecular complexity index is 117. The number of hydrogen-bond acceptors (Lipinski definition) is 2. The molecule has 0 saturated carbocycles. The highest BCUT2D eigenvalue weighted by Gasteiger charge is 2.08. The third-order valence-electron chi connectivity index (χ3n) is 2.83. The van der Waals surface area contributed by atoms with Crippen LogP contribution in [-0.2, 0) is 0 Å². The van der Waals surface area contributed by atoms with Crippen LogP contribution in [0, 0.1) is 5.92 Å². The van der Waals surface area contributed by atoms with Crippen molar-refractivity contribution in [2.24, 2.45) is 5.92 Å². The molecular formula is C12H27NS. The summed E-state index contributed by atoms with van der Waals surface area (Å²) in [6.45, 7) is 8.11. The first kappa shape index (κ1) is 14.3. The Balaban J connectivity index is 3.47. The molecule has 2 unspecified atom stereocenters. The Morgan fingerprint density at radius 3 is 2.43 bits per heavy atom. The van der Waals surface area contributed by atoms with Crippen LogP contribution in [0.25, 0.3) is 0 Å². The molecule has 2 heteroatoms. The Morgan fingerprint density at radius 1 is 1.21 bits per heavy atom. The minimum absolute atomic E-state index is 0.742. The monoisotopic (exact) mass is 217 g/mol. The Morgan fingerprint density at radius 2 is 1.93 bits per heavy atom. The van der Waals surface area contributed by atoms with Crippen molar-refractivity contribution >= 4 is 11.8 Å². The topological polar surface area (TPSA) is 12.0 Å². The van der Waals surface area contributed by atoms with Crippen LogP contribution >= 0.6 is 11.8 Å². The lowest BCUT2D eigenvalue weighted by Crippen LogP contribution is -2.31. The summed E-state index contributed by atoms with van der Waals surface area (Å²) in [4.78, 5) is 0. The quantitative estimate of drug-likeness (QED) is 0.593. The Labute approximate surface area is 94.4 Å². The van der Waals surface area contributed by atoms with Crippen LogP contribution < -0.4 is 5.32 Å². The second kappa shape index (κ2) is 9.85. The van der Waals surface area contributed by atoms with Gasteiger partial charge in [-0.25, -0.2) is 0 Å². The molecule has 0 rings (SSSR count). The zero-order valence-corrected chi connectivity index (χ0v) is 11.1. The summed E-state index contributed by atoms with van der Waals surface area (Å²) in [6, 6.07) is 0.742. The summed E-state index contributed by atoms with van der Waals surface area (Å²) in [7, 11) is 0. The first-order valence-corrected chi connectivity index (χ1v) is 7.36. The summed E-state index contributed by atoms with van der Waals surface area (Å²) in [5, 5.41) is 3.66. The van der Waals surface area contributed by atoms with Gasteiger partial charge < -0.3 is 5.32 Å². The van der Waals surface area contributed by atoms with Gasteiger partial charge in [0.15, 0.2) is 0 Å². The van der Waals surface area contributed by atoms with E-state index in [-0.39, 0.29) is 0 Å². The molecule has 0 saturated heterocycles. The summed E-state index contributed by atoms with van der Waals surface area (Å²) in [5.41, 5.74) is 0. The maximum absolute atomic E-state index is 3.66. The summed E-state index contributed by atoms with van der Waals surface area (Å²) in [6.07, 6.45) is 7.40. The van der Waals surface area contributed by atoms with Crippen molar-refractivity contribution in [1.29, 1.82) is 0 Å². The largest absolute Gasteiger partial charge is 0.314 e. The van der Waals surface area contributed by atoms with E-state index in [0.29, 0.717) is 0 Å². The minimum Gasteiger partial charge on any atom is -0.314 e. The zero-order valence-electron chi connectivity index (χ0n) is 10.3. The molecule has 1 N–H and O–H groups in total. The lowest BCUT2D eigenvalue weighted by molar-refractivity contribution is 0.386. The van der Waals surface area contributed by atoms with Gasteiger partial charge in [0.05, 0.1) is 0 Å². The fourth-order valence-corrected chi connectivity index (χ4v) is 2.00. The van der Waals surface area contributed by atoms with E-state index < -0.39 is 0 Å². The van der Waals surface area contributed by atoms with Gasteiger partial charge in [-0.05, 0) is 43.7 Å². The molecule has 0 bridgehead atoms. The van der Waals surface area contributed by atoms with Crippen molar-refractivity contribution in [3.05, 3.63) is 0 Å². The molecule has 0 aliphatic rings. The molecule has 0 spiro atoms. The Hall–Kier alpha value is 0.310. The number of thioether (sulfide) groups is 1. The van der Waals surface area contributed by atoms with E-state index in [0.717, 1.165) is 12.0 Å². The SMILES string of the molecule is CCC(C)CC(CC)NCCCSC. The Kier molecular flexibility index (Phi) is 10.1. The highest BCUT2D eigenvalue weighted by molar-refractivity contribution is 7.98. The molecule has 0 aliphatic heterocycles. The minimum atomic E-state index is 0.742. The van der Waals surface area contributed by atoms with E-state index in [1.54, 1.807) is 0 Å². The standard InChI is InChI=1S/C12H27NS/c1-5-11(3)10-12(6-2)13-8-7-9-14-4/h11-13H,5-10H2,1-4H3. The highest BCUT2D eigenvalue weighted by atomic mass is 32.2. The third-order valence-corrected chi connectivity index (χ3v) is 3.53. The zero-order chi connectivity index (χ0) is 10.8. The second-order valence-corrected chi connectivity index (χ2v) is 5.14. The third kappa shape index (κ3) is 7.69. The van der Waals surface area contributed by atoms with Crippen molar-refractivity contribution in [3.63, 3.8) is 0 Å². The van der Waals surface area contributed by atoms with Crippen molar-refractivity contribution in [1.82, 2.24) is 5.32 Å². The van der Waals surface area contributed by atoms with Gasteiger partial charge in [-0.2, -0.15) is 11.8 Å². The molecule has 2 atom stereocenters. The van der Waals surface area contributed by atoms with E-state index in [2.05, 4.69) is 32.3 Å². The highest BCUT2D eigenvalue weighted by Crippen LogP contribution is 2.11. The van der Waals surface area contributed by atoms with Crippen LogP contribution in [0.15, 0.2) is 0 Å². The average molecular weight is 217 g/mol. The molecule has 14 heavy (non-hydrogen) atoms. The fourth-order valence-electron chi connectivity index (χ4n) is 1.57. The number of rotatable bonds is 9. The molecule has 0 fully saturated rings. The molecule has 86 valence electrons. The second-order valence-electron chi connectivity index (χ2n) is 4.15. The fraction of sp³-hybridized carbons (Fsp3) is 1.00. The average Bonchev–Trinajstić information content (AvgIpc) is 2.22. The van der Waals surface area contributed by atoms with Crippen molar-refractivity contribution in [3.8, 4) is 0 Å². The number of hydrogen-bond donors (Lipinski definition) is 1. The van der Waals surface area contributed by atoms with E-state index in [9.17, 15) is 0 Å². The molecule has 0 aromatic carbocycles. The van der Waals surface area contributed by atoms with Crippen LogP contribution in [0.5, 0.6) is 0 Å². The van der Waals surface area contributed by atoms with Crippen LogP contribution in [0.3, 0.4) is 0 Å². The first-order valence-electron chi connectivity index (χ1n) is 5.96. The molecule has 1 nitrogen and oxygen atoms in total. The molecular weight excluding hydrogens is 190 g/mol. The summed E-state index contributed by atoms with van der Waals surface area (Å²) in [5.74, 6) is 2.15. The maximum Gasteiger partial charge on any atom is 0.00669 e. The van der Waals surface area contributed by atoms with Crippen LogP contribution in [-0.4, -0.2) is 24.6 Å². The van der Waals surface area contributed by atoms with Gasteiger partial charge >= 0.3 is 0 Å². The molecule has 0 amide bonds. The van der Waals surface area contributed by atoms with Crippen molar-refractivity contribution in [2.75, 3.05) is 18.6 Å². The van der Waals surface area contributed by atoms with E-state index in [1.165, 1.54) is 38.0 Å². The molecule has 0 radical (unpaired) electrons. The van der Waals surface area contributed by atoms with Crippen molar-refractivity contribution < 1.29 is 0 Å². The predicted octanol–water partition coefficient (Wildman–Crippen LogP) is 3.54. The smallest absolute Gasteiger partial charge is 0.00669 e. The lowest BCUT2D eigenvalue weighted by Gasteiger charge is -2.20. The van der Waals surface area contributed by atoms with Crippen LogP contribution in [0.2, 0.25) is 0 Å². The summed E-state index contributed by atoms with van der Waals surface area (Å²) >= 11 is 1.94. The molecule has 0 aromatic rings. The molecule has 0 heterocycles. The summed E-state index contributed by atoms with van der Waals surface area (Å²) < 4.78 is 0. The van der Waals surface area contributed by atoms with Crippen LogP contribution in [0.1, 0.15) is 46.5 Å². The van der Waals surface area contributed by atoms with E-state index in [1.807, 2.05) is 11.8 Å². The van der Waals surface area contributed by atoms with E-state index in [4.69, 9.17) is 0 Å².